The van der Waals surface area contributed by atoms with Crippen LogP contribution in [0.3, 0.4) is 0 Å². The van der Waals surface area contributed by atoms with Gasteiger partial charge in [0.1, 0.15) is 0 Å². The van der Waals surface area contributed by atoms with E-state index in [1.807, 2.05) is 0 Å². The summed E-state index contributed by atoms with van der Waals surface area (Å²) < 4.78 is 119. The van der Waals surface area contributed by atoms with Crippen molar-refractivity contribution in [2.24, 2.45) is 11.8 Å². The molecule has 2 nitrogen and oxygen atoms in total. The molecule has 2 bridgehead atoms. The SMILES string of the molecule is O=C(OCC(F)(F)C(F)(F)CCC(F)(F)C(F)(F)F)C1=CC2C=CC1C2. The van der Waals surface area contributed by atoms with Gasteiger partial charge < -0.3 is 4.74 Å². The lowest BCUT2D eigenvalue weighted by molar-refractivity contribution is -0.295. The average molecular weight is 396 g/mol. The van der Waals surface area contributed by atoms with Gasteiger partial charge in [-0.3, -0.25) is 0 Å². The molecule has 2 atom stereocenters. The molecule has 0 amide bonds. The van der Waals surface area contributed by atoms with E-state index in [1.165, 1.54) is 6.08 Å². The minimum atomic E-state index is -6.13. The molecule has 26 heavy (non-hydrogen) atoms. The van der Waals surface area contributed by atoms with Crippen molar-refractivity contribution in [1.82, 2.24) is 0 Å². The van der Waals surface area contributed by atoms with Crippen LogP contribution < -0.4 is 0 Å². The second-order valence-electron chi connectivity index (χ2n) is 6.20. The Balaban J connectivity index is 1.93. The van der Waals surface area contributed by atoms with Crippen molar-refractivity contribution in [3.8, 4) is 0 Å². The molecular formula is C15H13F9O2. The number of halogens is 9. The first kappa shape index (κ1) is 20.6. The average Bonchev–Trinajstić information content (AvgIpc) is 3.12. The summed E-state index contributed by atoms with van der Waals surface area (Å²) in [5, 5.41) is 0. The molecule has 0 spiro atoms. The summed E-state index contributed by atoms with van der Waals surface area (Å²) in [7, 11) is 0. The highest BCUT2D eigenvalue weighted by Gasteiger charge is 2.62. The maximum Gasteiger partial charge on any atom is 0.453 e. The van der Waals surface area contributed by atoms with Crippen molar-refractivity contribution < 1.29 is 49.0 Å². The van der Waals surface area contributed by atoms with Crippen LogP contribution in [0.2, 0.25) is 0 Å². The van der Waals surface area contributed by atoms with Crippen molar-refractivity contribution in [2.45, 2.75) is 43.2 Å². The Morgan fingerprint density at radius 1 is 0.923 bits per heavy atom. The first-order valence-corrected chi connectivity index (χ1v) is 7.44. The van der Waals surface area contributed by atoms with Crippen LogP contribution in [0.25, 0.3) is 0 Å². The summed E-state index contributed by atoms with van der Waals surface area (Å²) in [4.78, 5) is 11.7. The molecule has 0 aromatic heterocycles. The smallest absolute Gasteiger partial charge is 0.453 e. The van der Waals surface area contributed by atoms with Gasteiger partial charge in [-0.05, 0) is 12.3 Å². The minimum absolute atomic E-state index is 0.0280. The van der Waals surface area contributed by atoms with E-state index < -0.39 is 49.4 Å². The van der Waals surface area contributed by atoms with Crippen LogP contribution in [0.1, 0.15) is 19.3 Å². The highest BCUT2D eigenvalue weighted by Crippen LogP contribution is 2.45. The van der Waals surface area contributed by atoms with Crippen molar-refractivity contribution >= 4 is 5.97 Å². The van der Waals surface area contributed by atoms with Crippen LogP contribution in [0, 0.1) is 11.8 Å². The van der Waals surface area contributed by atoms with Gasteiger partial charge in [-0.1, -0.05) is 18.2 Å². The zero-order valence-corrected chi connectivity index (χ0v) is 12.9. The van der Waals surface area contributed by atoms with Gasteiger partial charge in [-0.25, -0.2) is 4.79 Å². The highest BCUT2D eigenvalue weighted by atomic mass is 19.4. The number of hydrogen-bond donors (Lipinski definition) is 0. The molecule has 0 fully saturated rings. The monoisotopic (exact) mass is 396 g/mol. The first-order chi connectivity index (χ1) is 11.7. The molecular weight excluding hydrogens is 383 g/mol. The number of fused-ring (bicyclic) bond motifs is 2. The molecule has 2 aliphatic carbocycles. The predicted molar refractivity (Wildman–Crippen MR) is 69.9 cm³/mol. The molecule has 0 saturated heterocycles. The molecule has 2 unspecified atom stereocenters. The van der Waals surface area contributed by atoms with Gasteiger partial charge in [0, 0.05) is 24.3 Å². The zero-order chi connectivity index (χ0) is 20.0. The number of rotatable bonds is 7. The Labute approximate surface area is 141 Å². The van der Waals surface area contributed by atoms with E-state index in [0.717, 1.165) is 0 Å². The lowest BCUT2D eigenvalue weighted by Crippen LogP contribution is -2.47. The second kappa shape index (κ2) is 6.49. The van der Waals surface area contributed by atoms with Crippen LogP contribution in [-0.4, -0.2) is 36.5 Å². The Morgan fingerprint density at radius 2 is 1.50 bits per heavy atom. The molecule has 0 N–H and O–H groups in total. The molecule has 0 aromatic rings. The molecule has 148 valence electrons. The lowest BCUT2D eigenvalue weighted by Gasteiger charge is -2.28. The van der Waals surface area contributed by atoms with E-state index in [1.54, 1.807) is 12.2 Å². The molecule has 2 rings (SSSR count). The maximum atomic E-state index is 13.5. The van der Waals surface area contributed by atoms with Crippen molar-refractivity contribution in [2.75, 3.05) is 6.61 Å². The summed E-state index contributed by atoms with van der Waals surface area (Å²) >= 11 is 0. The van der Waals surface area contributed by atoms with Crippen LogP contribution in [-0.2, 0) is 9.53 Å². The van der Waals surface area contributed by atoms with E-state index >= 15 is 0 Å². The largest absolute Gasteiger partial charge is 0.456 e. The third kappa shape index (κ3) is 4.01. The van der Waals surface area contributed by atoms with E-state index in [0.29, 0.717) is 6.42 Å². The Hall–Kier alpha value is -1.68. The normalized spacial score (nSPS) is 23.3. The number of esters is 1. The van der Waals surface area contributed by atoms with E-state index in [4.69, 9.17) is 0 Å². The Morgan fingerprint density at radius 3 is 1.96 bits per heavy atom. The fraction of sp³-hybridized carbons (Fsp3) is 0.667. The van der Waals surface area contributed by atoms with Gasteiger partial charge >= 0.3 is 29.9 Å². The fourth-order valence-electron chi connectivity index (χ4n) is 2.64. The third-order valence-electron chi connectivity index (χ3n) is 4.23. The quantitative estimate of drug-likeness (QED) is 0.347. The molecule has 0 saturated carbocycles. The second-order valence-corrected chi connectivity index (χ2v) is 6.20. The number of hydrogen-bond acceptors (Lipinski definition) is 2. The van der Waals surface area contributed by atoms with Crippen LogP contribution in [0.5, 0.6) is 0 Å². The third-order valence-corrected chi connectivity index (χ3v) is 4.23. The van der Waals surface area contributed by atoms with E-state index in [9.17, 15) is 44.3 Å². The zero-order valence-electron chi connectivity index (χ0n) is 12.9. The van der Waals surface area contributed by atoms with Crippen LogP contribution >= 0.6 is 0 Å². The number of ether oxygens (including phenoxy) is 1. The number of carbonyl (C=O) groups excluding carboxylic acids is 1. The van der Waals surface area contributed by atoms with Crippen molar-refractivity contribution in [1.29, 1.82) is 0 Å². The Kier molecular flexibility index (Phi) is 5.15. The molecule has 0 aliphatic heterocycles. The van der Waals surface area contributed by atoms with E-state index in [-0.39, 0.29) is 17.4 Å². The lowest BCUT2D eigenvalue weighted by atomic mass is 10.0. The van der Waals surface area contributed by atoms with Gasteiger partial charge in [-0.15, -0.1) is 0 Å². The van der Waals surface area contributed by atoms with Gasteiger partial charge in [0.15, 0.2) is 6.61 Å². The maximum absolute atomic E-state index is 13.5. The summed E-state index contributed by atoms with van der Waals surface area (Å²) in [6.45, 7) is -2.13. The molecule has 0 aromatic carbocycles. The number of alkyl halides is 9. The van der Waals surface area contributed by atoms with Gasteiger partial charge in [0.05, 0.1) is 0 Å². The van der Waals surface area contributed by atoms with Crippen molar-refractivity contribution in [3.05, 3.63) is 23.8 Å². The summed E-state index contributed by atoms with van der Waals surface area (Å²) in [5.41, 5.74) is 0.0280. The van der Waals surface area contributed by atoms with Crippen LogP contribution in [0.4, 0.5) is 39.5 Å². The molecule has 0 radical (unpaired) electrons. The Bertz CT molecular complexity index is 619. The minimum Gasteiger partial charge on any atom is -0.456 e. The first-order valence-electron chi connectivity index (χ1n) is 7.44. The van der Waals surface area contributed by atoms with Gasteiger partial charge in [-0.2, -0.15) is 39.5 Å². The summed E-state index contributed by atoms with van der Waals surface area (Å²) in [6, 6.07) is 0. The molecule has 2 aliphatic rings. The predicted octanol–water partition coefficient (Wildman–Crippen LogP) is 4.91. The van der Waals surface area contributed by atoms with Crippen LogP contribution in [0.15, 0.2) is 23.8 Å². The van der Waals surface area contributed by atoms with Gasteiger partial charge in [0.25, 0.3) is 0 Å². The van der Waals surface area contributed by atoms with Crippen molar-refractivity contribution in [3.63, 3.8) is 0 Å². The standard InChI is InChI=1S/C15H13F9O2/c16-12(17,3-4-13(18,19)15(22,23)24)14(20,21)7-26-11(25)10-6-8-1-2-9(10)5-8/h1-2,6,8-9H,3-5,7H2. The number of allylic oxidation sites excluding steroid dienone is 3. The molecule has 0 heterocycles. The summed E-state index contributed by atoms with van der Waals surface area (Å²) in [6.07, 6.45) is -5.71. The van der Waals surface area contributed by atoms with Gasteiger partial charge in [0.2, 0.25) is 0 Å². The highest BCUT2D eigenvalue weighted by molar-refractivity contribution is 5.90. The molecule has 11 heteroatoms. The summed E-state index contributed by atoms with van der Waals surface area (Å²) in [5.74, 6) is -17.5. The van der Waals surface area contributed by atoms with E-state index in [2.05, 4.69) is 4.74 Å². The topological polar surface area (TPSA) is 26.3 Å². The number of carbonyl (C=O) groups is 1. The fourth-order valence-corrected chi connectivity index (χ4v) is 2.64.